The molecule has 0 aromatic heterocycles. The third-order valence-electron chi connectivity index (χ3n) is 6.16. The Morgan fingerprint density at radius 3 is 2.48 bits per heavy atom. The lowest BCUT2D eigenvalue weighted by atomic mass is 9.99. The van der Waals surface area contributed by atoms with Crippen LogP contribution in [-0.2, 0) is 11.3 Å². The molecule has 0 amide bonds. The summed E-state index contributed by atoms with van der Waals surface area (Å²) < 4.78 is 5.89. The average Bonchev–Trinajstić information content (AvgIpc) is 3.14. The summed E-state index contributed by atoms with van der Waals surface area (Å²) in [6.07, 6.45) is 3.23. The normalized spacial score (nSPS) is 25.8. The number of hydrogen-bond donors (Lipinski definition) is 0. The summed E-state index contributed by atoms with van der Waals surface area (Å²) in [5.41, 5.74) is 4.20. The first-order chi connectivity index (χ1) is 14.1. The molecular formula is C25H31N3O. The first kappa shape index (κ1) is 20.1. The fraction of sp³-hybridized carbons (Fsp3) is 0.480. The second-order valence-corrected chi connectivity index (χ2v) is 8.60. The molecule has 2 aliphatic heterocycles. The highest BCUT2D eigenvalue weighted by atomic mass is 16.5. The number of nitriles is 1. The molecule has 2 aromatic carbocycles. The number of hydrogen-bond acceptors (Lipinski definition) is 4. The lowest BCUT2D eigenvalue weighted by Crippen LogP contribution is -2.50. The van der Waals surface area contributed by atoms with Crippen LogP contribution in [0.2, 0.25) is 0 Å². The van der Waals surface area contributed by atoms with Crippen molar-refractivity contribution in [3.05, 3.63) is 59.7 Å². The van der Waals surface area contributed by atoms with E-state index in [9.17, 15) is 5.26 Å². The Balaban J connectivity index is 1.40. The molecule has 0 spiro atoms. The summed E-state index contributed by atoms with van der Waals surface area (Å²) in [7, 11) is 0. The van der Waals surface area contributed by atoms with Crippen LogP contribution in [-0.4, -0.2) is 54.2 Å². The van der Waals surface area contributed by atoms with Crippen LogP contribution in [0.1, 0.15) is 37.8 Å². The highest BCUT2D eigenvalue weighted by Gasteiger charge is 2.29. The number of nitrogens with zero attached hydrogens (tertiary/aromatic N) is 3. The van der Waals surface area contributed by atoms with Crippen LogP contribution < -0.4 is 0 Å². The molecule has 4 heteroatoms. The fourth-order valence-electron chi connectivity index (χ4n) is 4.90. The maximum absolute atomic E-state index is 9.35. The molecule has 29 heavy (non-hydrogen) atoms. The van der Waals surface area contributed by atoms with Crippen LogP contribution in [0.15, 0.2) is 48.5 Å². The van der Waals surface area contributed by atoms with E-state index in [2.05, 4.69) is 54.0 Å². The maximum Gasteiger partial charge on any atom is 0.0998 e. The second-order valence-electron chi connectivity index (χ2n) is 8.60. The second kappa shape index (κ2) is 9.09. The van der Waals surface area contributed by atoms with E-state index in [0.717, 1.165) is 42.9 Å². The van der Waals surface area contributed by atoms with Crippen LogP contribution in [0.4, 0.5) is 0 Å². The molecule has 0 saturated carbocycles. The smallest absolute Gasteiger partial charge is 0.0998 e. The molecule has 4 rings (SSSR count). The molecule has 0 bridgehead atoms. The molecule has 4 nitrogen and oxygen atoms in total. The summed E-state index contributed by atoms with van der Waals surface area (Å²) in [6.45, 7) is 9.77. The van der Waals surface area contributed by atoms with E-state index in [-0.39, 0.29) is 0 Å². The van der Waals surface area contributed by atoms with Gasteiger partial charge in [-0.15, -0.1) is 0 Å². The number of morpholine rings is 1. The Hall–Kier alpha value is -2.19. The van der Waals surface area contributed by atoms with Crippen molar-refractivity contribution < 1.29 is 4.74 Å². The van der Waals surface area contributed by atoms with E-state index in [4.69, 9.17) is 4.74 Å². The predicted molar refractivity (Wildman–Crippen MR) is 116 cm³/mol. The average molecular weight is 390 g/mol. The molecule has 2 aliphatic rings. The Kier molecular flexibility index (Phi) is 6.30. The summed E-state index contributed by atoms with van der Waals surface area (Å²) >= 11 is 0. The molecule has 3 unspecified atom stereocenters. The number of ether oxygens (including phenoxy) is 1. The fourth-order valence-corrected chi connectivity index (χ4v) is 4.90. The Labute approximate surface area is 174 Å². The number of benzene rings is 2. The van der Waals surface area contributed by atoms with Gasteiger partial charge in [0.05, 0.1) is 23.8 Å². The van der Waals surface area contributed by atoms with Gasteiger partial charge in [-0.2, -0.15) is 5.26 Å². The zero-order valence-electron chi connectivity index (χ0n) is 17.6. The van der Waals surface area contributed by atoms with E-state index in [0.29, 0.717) is 18.2 Å². The van der Waals surface area contributed by atoms with Crippen molar-refractivity contribution in [1.82, 2.24) is 9.80 Å². The van der Waals surface area contributed by atoms with Crippen molar-refractivity contribution in [1.29, 1.82) is 5.26 Å². The van der Waals surface area contributed by atoms with E-state index in [1.165, 1.54) is 24.9 Å². The zero-order chi connectivity index (χ0) is 20.2. The Bertz CT molecular complexity index is 847. The van der Waals surface area contributed by atoms with Gasteiger partial charge in [0.1, 0.15) is 0 Å². The predicted octanol–water partition coefficient (Wildman–Crippen LogP) is 4.30. The largest absolute Gasteiger partial charge is 0.373 e. The molecule has 0 radical (unpaired) electrons. The van der Waals surface area contributed by atoms with Crippen LogP contribution in [0.5, 0.6) is 0 Å². The van der Waals surface area contributed by atoms with E-state index < -0.39 is 0 Å². The van der Waals surface area contributed by atoms with Crippen LogP contribution in [0.25, 0.3) is 11.1 Å². The molecule has 0 aliphatic carbocycles. The van der Waals surface area contributed by atoms with Crippen molar-refractivity contribution in [3.63, 3.8) is 0 Å². The van der Waals surface area contributed by atoms with Crippen molar-refractivity contribution in [2.75, 3.05) is 26.2 Å². The van der Waals surface area contributed by atoms with Gasteiger partial charge in [-0.25, -0.2) is 0 Å². The van der Waals surface area contributed by atoms with Crippen LogP contribution in [0, 0.1) is 11.3 Å². The van der Waals surface area contributed by atoms with Gasteiger partial charge in [0.15, 0.2) is 0 Å². The molecule has 2 heterocycles. The van der Waals surface area contributed by atoms with Crippen molar-refractivity contribution in [3.8, 4) is 17.2 Å². The third kappa shape index (κ3) is 4.87. The minimum atomic E-state index is 0.331. The minimum absolute atomic E-state index is 0.331. The number of rotatable bonds is 5. The summed E-state index contributed by atoms with van der Waals surface area (Å²) in [5, 5.41) is 9.35. The molecule has 2 aromatic rings. The summed E-state index contributed by atoms with van der Waals surface area (Å²) in [4.78, 5) is 5.23. The highest BCUT2D eigenvalue weighted by Crippen LogP contribution is 2.26. The Morgan fingerprint density at radius 1 is 1.03 bits per heavy atom. The number of likely N-dealkylation sites (tertiary alicyclic amines) is 1. The maximum atomic E-state index is 9.35. The van der Waals surface area contributed by atoms with Crippen LogP contribution >= 0.6 is 0 Å². The van der Waals surface area contributed by atoms with E-state index >= 15 is 0 Å². The SMILES string of the molecule is CC1CN(CC2CCCN2Cc2ccc(-c3ccccc3C#N)cc2)CC(C)O1. The summed E-state index contributed by atoms with van der Waals surface area (Å²) in [5.74, 6) is 0. The molecular weight excluding hydrogens is 358 g/mol. The third-order valence-corrected chi connectivity index (χ3v) is 6.16. The van der Waals surface area contributed by atoms with Gasteiger partial charge in [0, 0.05) is 32.2 Å². The van der Waals surface area contributed by atoms with Gasteiger partial charge in [0.25, 0.3) is 0 Å². The van der Waals surface area contributed by atoms with Gasteiger partial charge in [-0.1, -0.05) is 42.5 Å². The van der Waals surface area contributed by atoms with Gasteiger partial charge >= 0.3 is 0 Å². The minimum Gasteiger partial charge on any atom is -0.373 e. The first-order valence-corrected chi connectivity index (χ1v) is 10.8. The van der Waals surface area contributed by atoms with E-state index in [1.807, 2.05) is 24.3 Å². The van der Waals surface area contributed by atoms with Crippen molar-refractivity contribution in [2.24, 2.45) is 0 Å². The molecule has 2 saturated heterocycles. The highest BCUT2D eigenvalue weighted by molar-refractivity contribution is 5.70. The molecule has 0 N–H and O–H groups in total. The molecule has 152 valence electrons. The standard InChI is InChI=1S/C25H31N3O/c1-19-15-27(16-20(2)29-19)18-24-7-5-13-28(24)17-21-9-11-22(12-10-21)25-8-4-3-6-23(25)14-26/h3-4,6,8-12,19-20,24H,5,7,13,15-18H2,1-2H3. The van der Waals surface area contributed by atoms with E-state index in [1.54, 1.807) is 0 Å². The monoisotopic (exact) mass is 389 g/mol. The lowest BCUT2D eigenvalue weighted by Gasteiger charge is -2.38. The van der Waals surface area contributed by atoms with Crippen molar-refractivity contribution >= 4 is 0 Å². The Morgan fingerprint density at radius 2 is 1.76 bits per heavy atom. The van der Waals surface area contributed by atoms with Gasteiger partial charge in [0.2, 0.25) is 0 Å². The van der Waals surface area contributed by atoms with Crippen molar-refractivity contribution in [2.45, 2.75) is 51.5 Å². The lowest BCUT2D eigenvalue weighted by molar-refractivity contribution is -0.0724. The summed E-state index contributed by atoms with van der Waals surface area (Å²) in [6, 6.07) is 19.5. The topological polar surface area (TPSA) is 39.5 Å². The van der Waals surface area contributed by atoms with Gasteiger partial charge in [-0.05, 0) is 56.0 Å². The molecule has 3 atom stereocenters. The van der Waals surface area contributed by atoms with Gasteiger partial charge < -0.3 is 4.74 Å². The first-order valence-electron chi connectivity index (χ1n) is 10.8. The quantitative estimate of drug-likeness (QED) is 0.764. The van der Waals surface area contributed by atoms with Crippen LogP contribution in [0.3, 0.4) is 0 Å². The van der Waals surface area contributed by atoms with Gasteiger partial charge in [-0.3, -0.25) is 9.80 Å². The zero-order valence-corrected chi connectivity index (χ0v) is 17.6. The molecule has 2 fully saturated rings.